The highest BCUT2D eigenvalue weighted by Crippen LogP contribution is 2.47. The minimum Gasteiger partial charge on any atom is -0.497 e. The lowest BCUT2D eigenvalue weighted by Gasteiger charge is -2.20. The molecule has 0 atom stereocenters. The lowest BCUT2D eigenvalue weighted by atomic mass is 10.2. The number of hydrogen-bond donors (Lipinski definition) is 0. The van der Waals surface area contributed by atoms with Crippen molar-refractivity contribution in [1.29, 1.82) is 0 Å². The third kappa shape index (κ3) is 4.07. The maximum atomic E-state index is 11.8. The lowest BCUT2D eigenvalue weighted by Crippen LogP contribution is -2.19. The molecular formula is C18H25NO2S. The molecule has 0 aromatic heterocycles. The minimum atomic E-state index is 0.181. The highest BCUT2D eigenvalue weighted by atomic mass is 32.2. The Hall–Kier alpha value is -1.42. The van der Waals surface area contributed by atoms with E-state index >= 15 is 0 Å². The number of fused-ring (bicyclic) bond motifs is 1. The summed E-state index contributed by atoms with van der Waals surface area (Å²) in [5, 5.41) is 1.05. The summed E-state index contributed by atoms with van der Waals surface area (Å²) in [6.07, 6.45) is 7.20. The molecular weight excluding hydrogens is 294 g/mol. The summed E-state index contributed by atoms with van der Waals surface area (Å²) in [5.41, 5.74) is 1.16. The summed E-state index contributed by atoms with van der Waals surface area (Å²) in [7, 11) is 1.69. The Balaban J connectivity index is 2.21. The number of benzene rings is 1. The molecule has 22 heavy (non-hydrogen) atoms. The average molecular weight is 319 g/mol. The van der Waals surface area contributed by atoms with E-state index in [4.69, 9.17) is 4.74 Å². The Morgan fingerprint density at radius 3 is 2.77 bits per heavy atom. The normalized spacial score (nSPS) is 15.2. The second-order valence-corrected chi connectivity index (χ2v) is 6.51. The van der Waals surface area contributed by atoms with Crippen molar-refractivity contribution in [2.45, 2.75) is 50.8 Å². The molecule has 0 unspecified atom stereocenters. The van der Waals surface area contributed by atoms with Crippen molar-refractivity contribution in [3.8, 4) is 5.75 Å². The topological polar surface area (TPSA) is 29.5 Å². The quantitative estimate of drug-likeness (QED) is 0.498. The maximum Gasteiger partial charge on any atom is 0.158 e. The highest BCUT2D eigenvalue weighted by molar-refractivity contribution is 8.03. The third-order valence-electron chi connectivity index (χ3n) is 3.81. The fourth-order valence-corrected chi connectivity index (χ4v) is 3.61. The van der Waals surface area contributed by atoms with Gasteiger partial charge in [0, 0.05) is 30.0 Å². The van der Waals surface area contributed by atoms with Gasteiger partial charge in [0.25, 0.3) is 0 Å². The summed E-state index contributed by atoms with van der Waals surface area (Å²) in [6.45, 7) is 5.08. The van der Waals surface area contributed by atoms with Crippen molar-refractivity contribution >= 4 is 23.2 Å². The zero-order valence-corrected chi connectivity index (χ0v) is 14.5. The summed E-state index contributed by atoms with van der Waals surface area (Å²) < 4.78 is 5.35. The molecule has 120 valence electrons. The van der Waals surface area contributed by atoms with E-state index in [0.717, 1.165) is 29.4 Å². The molecule has 1 aromatic rings. The zero-order chi connectivity index (χ0) is 15.9. The fraction of sp³-hybridized carbons (Fsp3) is 0.500. The molecule has 1 aliphatic heterocycles. The number of thioether (sulfide) groups is 1. The first-order valence-electron chi connectivity index (χ1n) is 8.07. The fourth-order valence-electron chi connectivity index (χ4n) is 2.48. The molecule has 1 heterocycles. The van der Waals surface area contributed by atoms with E-state index in [2.05, 4.69) is 24.0 Å². The second-order valence-electron chi connectivity index (χ2n) is 5.45. The van der Waals surface area contributed by atoms with E-state index < -0.39 is 0 Å². The van der Waals surface area contributed by atoms with Gasteiger partial charge in [-0.15, -0.1) is 0 Å². The van der Waals surface area contributed by atoms with Crippen LogP contribution in [0.25, 0.3) is 0 Å². The number of carbonyl (C=O) groups excluding carboxylic acids is 1. The van der Waals surface area contributed by atoms with Crippen LogP contribution in [0.3, 0.4) is 0 Å². The van der Waals surface area contributed by atoms with Gasteiger partial charge in [-0.05, 0) is 18.6 Å². The van der Waals surface area contributed by atoms with Gasteiger partial charge in [-0.1, -0.05) is 44.9 Å². The van der Waals surface area contributed by atoms with Crippen molar-refractivity contribution in [2.24, 2.45) is 0 Å². The summed E-state index contributed by atoms with van der Waals surface area (Å²) >= 11 is 1.68. The predicted octanol–water partition coefficient (Wildman–Crippen LogP) is 5.01. The summed E-state index contributed by atoms with van der Waals surface area (Å²) in [4.78, 5) is 15.3. The summed E-state index contributed by atoms with van der Waals surface area (Å²) in [6, 6.07) is 6.13. The molecule has 4 heteroatoms. The van der Waals surface area contributed by atoms with Gasteiger partial charge >= 0.3 is 0 Å². The molecule has 0 bridgehead atoms. The molecule has 3 nitrogen and oxygen atoms in total. The van der Waals surface area contributed by atoms with Crippen LogP contribution < -0.4 is 9.64 Å². The predicted molar refractivity (Wildman–Crippen MR) is 93.7 cm³/mol. The molecule has 0 saturated carbocycles. The van der Waals surface area contributed by atoms with Crippen molar-refractivity contribution in [3.05, 3.63) is 29.3 Å². The molecule has 0 aliphatic carbocycles. The molecule has 1 aromatic carbocycles. The van der Waals surface area contributed by atoms with Crippen LogP contribution in [-0.4, -0.2) is 19.4 Å². The van der Waals surface area contributed by atoms with Gasteiger partial charge in [0.15, 0.2) is 5.78 Å². The molecule has 1 aliphatic rings. The van der Waals surface area contributed by atoms with Crippen LogP contribution in [0.5, 0.6) is 5.75 Å². The number of ether oxygens (including phenoxy) is 1. The van der Waals surface area contributed by atoms with E-state index in [0.29, 0.717) is 6.42 Å². The molecule has 0 saturated heterocycles. The second kappa shape index (κ2) is 8.28. The molecule has 0 spiro atoms. The van der Waals surface area contributed by atoms with Gasteiger partial charge in [0.1, 0.15) is 5.75 Å². The first kappa shape index (κ1) is 16.9. The van der Waals surface area contributed by atoms with Gasteiger partial charge in [-0.2, -0.15) is 0 Å². The van der Waals surface area contributed by atoms with Gasteiger partial charge in [0.05, 0.1) is 17.8 Å². The molecule has 0 fully saturated rings. The zero-order valence-electron chi connectivity index (χ0n) is 13.7. The lowest BCUT2D eigenvalue weighted by molar-refractivity contribution is -0.114. The number of nitrogens with zero attached hydrogens (tertiary/aromatic N) is 1. The van der Waals surface area contributed by atoms with Crippen LogP contribution in [0.4, 0.5) is 5.69 Å². The minimum absolute atomic E-state index is 0.181. The molecule has 0 radical (unpaired) electrons. The largest absolute Gasteiger partial charge is 0.497 e. The van der Waals surface area contributed by atoms with Gasteiger partial charge in [0.2, 0.25) is 0 Å². The van der Waals surface area contributed by atoms with E-state index in [1.54, 1.807) is 24.9 Å². The van der Waals surface area contributed by atoms with E-state index in [9.17, 15) is 4.79 Å². The number of rotatable bonds is 8. The molecule has 2 rings (SSSR count). The Labute approximate surface area is 137 Å². The van der Waals surface area contributed by atoms with Crippen LogP contribution in [0.15, 0.2) is 34.2 Å². The van der Waals surface area contributed by atoms with Crippen molar-refractivity contribution in [3.63, 3.8) is 0 Å². The van der Waals surface area contributed by atoms with Crippen LogP contribution in [-0.2, 0) is 4.79 Å². The molecule has 0 amide bonds. The Morgan fingerprint density at radius 2 is 2.09 bits per heavy atom. The van der Waals surface area contributed by atoms with Crippen molar-refractivity contribution in [1.82, 2.24) is 0 Å². The first-order valence-corrected chi connectivity index (χ1v) is 8.89. The highest BCUT2D eigenvalue weighted by Gasteiger charge is 2.25. The van der Waals surface area contributed by atoms with Crippen LogP contribution in [0.1, 0.15) is 46.0 Å². The van der Waals surface area contributed by atoms with Crippen LogP contribution in [0, 0.1) is 0 Å². The maximum absolute atomic E-state index is 11.8. The van der Waals surface area contributed by atoms with Crippen molar-refractivity contribution < 1.29 is 9.53 Å². The van der Waals surface area contributed by atoms with Gasteiger partial charge in [-0.3, -0.25) is 4.79 Å². The third-order valence-corrected chi connectivity index (χ3v) is 4.92. The standard InChI is InChI=1S/C18H25NO2S/c1-4-6-7-8-11-19-16-13-15(21-3)9-10-17(16)22-18(19)12-14(20)5-2/h9-10,12-13H,4-8,11H2,1-3H3. The monoisotopic (exact) mass is 319 g/mol. The number of carbonyl (C=O) groups is 1. The number of hydrogen-bond acceptors (Lipinski definition) is 4. The summed E-state index contributed by atoms with van der Waals surface area (Å²) in [5.74, 6) is 1.04. The number of anilines is 1. The van der Waals surface area contributed by atoms with Gasteiger partial charge < -0.3 is 9.64 Å². The first-order chi connectivity index (χ1) is 10.7. The number of methoxy groups -OCH3 is 1. The van der Waals surface area contributed by atoms with E-state index in [1.165, 1.54) is 24.2 Å². The Bertz CT molecular complexity index is 554. The Kier molecular flexibility index (Phi) is 6.37. The van der Waals surface area contributed by atoms with Crippen LogP contribution >= 0.6 is 11.8 Å². The number of allylic oxidation sites excluding steroid dienone is 1. The average Bonchev–Trinajstić information content (AvgIpc) is 2.87. The molecule has 0 N–H and O–H groups in total. The van der Waals surface area contributed by atoms with E-state index in [-0.39, 0.29) is 5.78 Å². The van der Waals surface area contributed by atoms with Crippen LogP contribution in [0.2, 0.25) is 0 Å². The smallest absolute Gasteiger partial charge is 0.158 e. The van der Waals surface area contributed by atoms with Gasteiger partial charge in [-0.25, -0.2) is 0 Å². The Morgan fingerprint density at radius 1 is 1.27 bits per heavy atom. The number of ketones is 1. The van der Waals surface area contributed by atoms with E-state index in [1.807, 2.05) is 13.0 Å². The van der Waals surface area contributed by atoms with Crippen molar-refractivity contribution in [2.75, 3.05) is 18.6 Å². The number of unbranched alkanes of at least 4 members (excludes halogenated alkanes) is 3. The SMILES string of the molecule is CCCCCCN1C(=CC(=O)CC)Sc2ccc(OC)cc21.